The molecule has 2 rings (SSSR count). The van der Waals surface area contributed by atoms with Crippen LogP contribution in [-0.4, -0.2) is 23.9 Å². The van der Waals surface area contributed by atoms with Gasteiger partial charge in [0.1, 0.15) is 11.7 Å². The molecular formula is C11H18N4. The lowest BCUT2D eigenvalue weighted by Gasteiger charge is -2.14. The number of nitrogens with one attached hydrogen (secondary N) is 4. The fourth-order valence-corrected chi connectivity index (χ4v) is 2.14. The highest BCUT2D eigenvalue weighted by atomic mass is 15.0. The van der Waals surface area contributed by atoms with Crippen LogP contribution in [-0.2, 0) is 0 Å². The molecule has 1 aliphatic rings. The van der Waals surface area contributed by atoms with Gasteiger partial charge in [0, 0.05) is 19.3 Å². The number of H-pyrrole nitrogens is 1. The van der Waals surface area contributed by atoms with E-state index in [9.17, 15) is 0 Å². The topological polar surface area (TPSA) is 63.7 Å². The van der Waals surface area contributed by atoms with Crippen LogP contribution in [0, 0.1) is 5.41 Å². The van der Waals surface area contributed by atoms with Crippen molar-refractivity contribution in [3.8, 4) is 0 Å². The molecule has 0 saturated heterocycles. The van der Waals surface area contributed by atoms with E-state index in [4.69, 9.17) is 5.41 Å². The zero-order valence-electron chi connectivity index (χ0n) is 9.06. The molecular weight excluding hydrogens is 188 g/mol. The van der Waals surface area contributed by atoms with E-state index >= 15 is 0 Å². The molecule has 4 heteroatoms. The Morgan fingerprint density at radius 2 is 2.20 bits per heavy atom. The molecule has 0 radical (unpaired) electrons. The van der Waals surface area contributed by atoms with Gasteiger partial charge in [0.2, 0.25) is 0 Å². The number of hydrogen-bond donors (Lipinski definition) is 4. The van der Waals surface area contributed by atoms with Gasteiger partial charge in [-0.3, -0.25) is 5.41 Å². The van der Waals surface area contributed by atoms with Gasteiger partial charge in [-0.05, 0) is 18.9 Å². The Labute approximate surface area is 90.0 Å². The van der Waals surface area contributed by atoms with E-state index in [0.29, 0.717) is 11.9 Å². The van der Waals surface area contributed by atoms with Gasteiger partial charge in [0.05, 0.1) is 5.56 Å². The summed E-state index contributed by atoms with van der Waals surface area (Å²) in [5, 5.41) is 14.3. The molecule has 15 heavy (non-hydrogen) atoms. The second kappa shape index (κ2) is 4.38. The summed E-state index contributed by atoms with van der Waals surface area (Å²) in [6.07, 6.45) is 6.82. The number of aromatic amines is 1. The van der Waals surface area contributed by atoms with Gasteiger partial charge in [-0.1, -0.05) is 12.8 Å². The smallest absolute Gasteiger partial charge is 0.129 e. The number of amidine groups is 1. The van der Waals surface area contributed by atoms with Gasteiger partial charge < -0.3 is 15.6 Å². The lowest BCUT2D eigenvalue weighted by atomic mass is 10.2. The van der Waals surface area contributed by atoms with E-state index < -0.39 is 0 Å². The number of aromatic nitrogens is 1. The van der Waals surface area contributed by atoms with E-state index in [0.717, 1.165) is 11.4 Å². The van der Waals surface area contributed by atoms with Gasteiger partial charge in [-0.2, -0.15) is 0 Å². The molecule has 0 aliphatic heterocycles. The van der Waals surface area contributed by atoms with Crippen LogP contribution in [0.25, 0.3) is 0 Å². The Morgan fingerprint density at radius 1 is 1.47 bits per heavy atom. The maximum atomic E-state index is 7.98. The molecule has 1 aromatic heterocycles. The van der Waals surface area contributed by atoms with Gasteiger partial charge in [0.25, 0.3) is 0 Å². The summed E-state index contributed by atoms with van der Waals surface area (Å²) in [5.41, 5.74) is 0.921. The van der Waals surface area contributed by atoms with Crippen LogP contribution in [0.2, 0.25) is 0 Å². The van der Waals surface area contributed by atoms with Crippen molar-refractivity contribution < 1.29 is 0 Å². The largest absolute Gasteiger partial charge is 0.374 e. The molecule has 1 heterocycles. The number of hydrogen-bond acceptors (Lipinski definition) is 2. The van der Waals surface area contributed by atoms with Crippen LogP contribution >= 0.6 is 0 Å². The highest BCUT2D eigenvalue weighted by molar-refractivity contribution is 6.00. The second-order valence-corrected chi connectivity index (χ2v) is 4.02. The fraction of sp³-hybridized carbons (Fsp3) is 0.545. The van der Waals surface area contributed by atoms with E-state index in [2.05, 4.69) is 15.6 Å². The molecule has 0 spiro atoms. The fourth-order valence-electron chi connectivity index (χ4n) is 2.14. The Hall–Kier alpha value is -1.45. The second-order valence-electron chi connectivity index (χ2n) is 4.02. The Bertz CT molecular complexity index is 336. The molecule has 0 atom stereocenters. The Kier molecular flexibility index (Phi) is 2.94. The third-order valence-electron chi connectivity index (χ3n) is 2.97. The van der Waals surface area contributed by atoms with Gasteiger partial charge in [0.15, 0.2) is 0 Å². The van der Waals surface area contributed by atoms with E-state index in [-0.39, 0.29) is 0 Å². The molecule has 0 amide bonds. The first-order valence-electron chi connectivity index (χ1n) is 5.52. The summed E-state index contributed by atoms with van der Waals surface area (Å²) in [6, 6.07) is 2.42. The zero-order chi connectivity index (χ0) is 10.7. The van der Waals surface area contributed by atoms with Crippen LogP contribution in [0.4, 0.5) is 5.82 Å². The highest BCUT2D eigenvalue weighted by Gasteiger charge is 2.17. The van der Waals surface area contributed by atoms with Crippen molar-refractivity contribution in [3.63, 3.8) is 0 Å². The van der Waals surface area contributed by atoms with Crippen LogP contribution in [0.3, 0.4) is 0 Å². The lowest BCUT2D eigenvalue weighted by Crippen LogP contribution is -2.32. The standard InChI is InChI=1S/C11H18N4/c1-13-11-9(6-7-14-11)10(12)15-8-4-2-3-5-8/h6-8,13-14H,2-5H2,1H3,(H2,12,15). The van der Waals surface area contributed by atoms with Crippen molar-refractivity contribution in [1.29, 1.82) is 5.41 Å². The first kappa shape index (κ1) is 10.1. The Balaban J connectivity index is 2.00. The molecule has 1 saturated carbocycles. The van der Waals surface area contributed by atoms with Crippen molar-refractivity contribution in [2.24, 2.45) is 0 Å². The van der Waals surface area contributed by atoms with Crippen molar-refractivity contribution in [2.75, 3.05) is 12.4 Å². The van der Waals surface area contributed by atoms with Crippen molar-refractivity contribution >= 4 is 11.7 Å². The van der Waals surface area contributed by atoms with Gasteiger partial charge in [-0.15, -0.1) is 0 Å². The lowest BCUT2D eigenvalue weighted by molar-refractivity contribution is 0.629. The summed E-state index contributed by atoms with van der Waals surface area (Å²) >= 11 is 0. The summed E-state index contributed by atoms with van der Waals surface area (Å²) in [5.74, 6) is 1.43. The van der Waals surface area contributed by atoms with E-state index in [1.165, 1.54) is 25.7 Å². The summed E-state index contributed by atoms with van der Waals surface area (Å²) in [4.78, 5) is 3.07. The van der Waals surface area contributed by atoms with Crippen molar-refractivity contribution in [1.82, 2.24) is 10.3 Å². The van der Waals surface area contributed by atoms with Crippen LogP contribution < -0.4 is 10.6 Å². The van der Waals surface area contributed by atoms with Crippen LogP contribution in [0.15, 0.2) is 12.3 Å². The van der Waals surface area contributed by atoms with Crippen LogP contribution in [0.1, 0.15) is 31.2 Å². The predicted octanol–water partition coefficient (Wildman–Crippen LogP) is 1.91. The molecule has 82 valence electrons. The third kappa shape index (κ3) is 2.14. The quantitative estimate of drug-likeness (QED) is 0.451. The van der Waals surface area contributed by atoms with Gasteiger partial charge in [-0.25, -0.2) is 0 Å². The molecule has 1 aromatic rings. The molecule has 4 N–H and O–H groups in total. The molecule has 1 aliphatic carbocycles. The zero-order valence-corrected chi connectivity index (χ0v) is 9.06. The van der Waals surface area contributed by atoms with E-state index in [1.54, 1.807) is 0 Å². The number of anilines is 1. The summed E-state index contributed by atoms with van der Waals surface area (Å²) in [7, 11) is 1.86. The monoisotopic (exact) mass is 206 g/mol. The van der Waals surface area contributed by atoms with Crippen molar-refractivity contribution in [3.05, 3.63) is 17.8 Å². The maximum Gasteiger partial charge on any atom is 0.129 e. The van der Waals surface area contributed by atoms with E-state index in [1.807, 2.05) is 19.3 Å². The highest BCUT2D eigenvalue weighted by Crippen LogP contribution is 2.19. The molecule has 0 bridgehead atoms. The molecule has 0 aromatic carbocycles. The SMILES string of the molecule is CNc1[nH]ccc1C(=N)NC1CCCC1. The normalized spacial score (nSPS) is 16.6. The maximum absolute atomic E-state index is 7.98. The molecule has 0 unspecified atom stereocenters. The average molecular weight is 206 g/mol. The minimum Gasteiger partial charge on any atom is -0.374 e. The first-order chi connectivity index (χ1) is 7.31. The van der Waals surface area contributed by atoms with Gasteiger partial charge >= 0.3 is 0 Å². The van der Waals surface area contributed by atoms with Crippen LogP contribution in [0.5, 0.6) is 0 Å². The Morgan fingerprint density at radius 3 is 2.87 bits per heavy atom. The summed E-state index contributed by atoms with van der Waals surface area (Å²) in [6.45, 7) is 0. The summed E-state index contributed by atoms with van der Waals surface area (Å²) < 4.78 is 0. The number of rotatable bonds is 3. The minimum absolute atomic E-state index is 0.497. The predicted molar refractivity (Wildman–Crippen MR) is 62.6 cm³/mol. The third-order valence-corrected chi connectivity index (χ3v) is 2.97. The average Bonchev–Trinajstić information content (AvgIpc) is 2.86. The minimum atomic E-state index is 0.497. The first-order valence-corrected chi connectivity index (χ1v) is 5.52. The molecule has 1 fully saturated rings. The molecule has 4 nitrogen and oxygen atoms in total. The van der Waals surface area contributed by atoms with Crippen molar-refractivity contribution in [2.45, 2.75) is 31.7 Å².